The first kappa shape index (κ1) is 12.6. The molecule has 1 heterocycles. The van der Waals surface area contributed by atoms with Gasteiger partial charge in [-0.1, -0.05) is 11.6 Å². The quantitative estimate of drug-likeness (QED) is 0.820. The minimum Gasteiger partial charge on any atom is -0.370 e. The van der Waals surface area contributed by atoms with Crippen LogP contribution in [0.15, 0.2) is 24.3 Å². The molecule has 0 saturated carbocycles. The highest BCUT2D eigenvalue weighted by atomic mass is 35.5. The Morgan fingerprint density at radius 2 is 1.80 bits per heavy atom. The molecule has 0 aromatic heterocycles. The summed E-state index contributed by atoms with van der Waals surface area (Å²) in [6.07, 6.45) is 1.21. The van der Waals surface area contributed by atoms with Crippen LogP contribution < -0.4 is 10.2 Å². The van der Waals surface area contributed by atoms with E-state index in [1.165, 1.54) is 12.1 Å². The summed E-state index contributed by atoms with van der Waals surface area (Å²) in [5, 5.41) is 4.20. The molecule has 1 saturated heterocycles. The first-order valence-corrected chi connectivity index (χ1v) is 5.45. The molecule has 0 atom stereocenters. The second-order valence-electron chi connectivity index (χ2n) is 3.57. The van der Waals surface area contributed by atoms with E-state index in [1.807, 2.05) is 12.1 Å². The van der Waals surface area contributed by atoms with Gasteiger partial charge in [-0.2, -0.15) is 0 Å². The van der Waals surface area contributed by atoms with Crippen molar-refractivity contribution in [1.29, 1.82) is 0 Å². The maximum absolute atomic E-state index is 5.85. The van der Waals surface area contributed by atoms with Crippen LogP contribution >= 0.6 is 24.0 Å². The van der Waals surface area contributed by atoms with Crippen LogP contribution in [0.2, 0.25) is 5.02 Å². The summed E-state index contributed by atoms with van der Waals surface area (Å²) >= 11 is 5.85. The standard InChI is InChI=1S/C11H15ClN2.ClH/c12-10-2-4-11(5-3-10)14-8-1-6-13-7-9-14;/h2-5,13H,1,6-9H2;1H. The molecule has 0 bridgehead atoms. The lowest BCUT2D eigenvalue weighted by Gasteiger charge is -2.22. The molecule has 2 nitrogen and oxygen atoms in total. The zero-order valence-electron chi connectivity index (χ0n) is 8.58. The Kier molecular flexibility index (Phi) is 5.23. The van der Waals surface area contributed by atoms with Gasteiger partial charge in [0.2, 0.25) is 0 Å². The second kappa shape index (κ2) is 6.21. The fourth-order valence-electron chi connectivity index (χ4n) is 1.76. The summed E-state index contributed by atoms with van der Waals surface area (Å²) in [7, 11) is 0. The van der Waals surface area contributed by atoms with E-state index >= 15 is 0 Å². The number of nitrogens with zero attached hydrogens (tertiary/aromatic N) is 1. The Morgan fingerprint density at radius 3 is 2.53 bits per heavy atom. The van der Waals surface area contributed by atoms with Crippen LogP contribution in [0.25, 0.3) is 0 Å². The summed E-state index contributed by atoms with van der Waals surface area (Å²) in [4.78, 5) is 2.40. The van der Waals surface area contributed by atoms with Crippen molar-refractivity contribution in [1.82, 2.24) is 5.32 Å². The van der Waals surface area contributed by atoms with Gasteiger partial charge < -0.3 is 10.2 Å². The minimum atomic E-state index is 0. The predicted octanol–water partition coefficient (Wildman–Crippen LogP) is 2.56. The number of hydrogen-bond acceptors (Lipinski definition) is 2. The molecular weight excluding hydrogens is 231 g/mol. The molecule has 0 aliphatic carbocycles. The SMILES string of the molecule is Cl.Clc1ccc(N2CCCNCC2)cc1. The number of anilines is 1. The van der Waals surface area contributed by atoms with Gasteiger partial charge in [0, 0.05) is 30.3 Å². The van der Waals surface area contributed by atoms with Crippen LogP contribution in [0.1, 0.15) is 6.42 Å². The van der Waals surface area contributed by atoms with Crippen LogP contribution in [-0.2, 0) is 0 Å². The van der Waals surface area contributed by atoms with Gasteiger partial charge >= 0.3 is 0 Å². The number of benzene rings is 1. The molecule has 4 heteroatoms. The lowest BCUT2D eigenvalue weighted by molar-refractivity contribution is 0.724. The van der Waals surface area contributed by atoms with E-state index in [2.05, 4.69) is 22.3 Å². The highest BCUT2D eigenvalue weighted by Gasteiger charge is 2.08. The van der Waals surface area contributed by atoms with Crippen LogP contribution in [0, 0.1) is 0 Å². The number of nitrogens with one attached hydrogen (secondary N) is 1. The normalized spacial score (nSPS) is 16.7. The highest BCUT2D eigenvalue weighted by molar-refractivity contribution is 6.30. The third kappa shape index (κ3) is 3.56. The molecule has 2 rings (SSSR count). The van der Waals surface area contributed by atoms with Crippen LogP contribution in [-0.4, -0.2) is 26.2 Å². The topological polar surface area (TPSA) is 15.3 Å². The first-order chi connectivity index (χ1) is 6.86. The van der Waals surface area contributed by atoms with Gasteiger partial charge in [-0.3, -0.25) is 0 Å². The Morgan fingerprint density at radius 1 is 1.07 bits per heavy atom. The fourth-order valence-corrected chi connectivity index (χ4v) is 1.88. The summed E-state index contributed by atoms with van der Waals surface area (Å²) in [6, 6.07) is 8.09. The molecule has 1 fully saturated rings. The smallest absolute Gasteiger partial charge is 0.0407 e. The average Bonchev–Trinajstić information content (AvgIpc) is 2.47. The van der Waals surface area contributed by atoms with Crippen molar-refractivity contribution < 1.29 is 0 Å². The summed E-state index contributed by atoms with van der Waals surface area (Å²) in [6.45, 7) is 4.42. The molecule has 0 unspecified atom stereocenters. The van der Waals surface area contributed by atoms with E-state index in [1.54, 1.807) is 0 Å². The van der Waals surface area contributed by atoms with Gasteiger partial charge in [-0.25, -0.2) is 0 Å². The van der Waals surface area contributed by atoms with Gasteiger partial charge in [0.25, 0.3) is 0 Å². The van der Waals surface area contributed by atoms with Crippen LogP contribution in [0.3, 0.4) is 0 Å². The van der Waals surface area contributed by atoms with Gasteiger partial charge in [0.05, 0.1) is 0 Å². The van der Waals surface area contributed by atoms with E-state index in [0.29, 0.717) is 0 Å². The van der Waals surface area contributed by atoms with Gasteiger partial charge in [0.1, 0.15) is 0 Å². The molecule has 1 N–H and O–H groups in total. The third-order valence-corrected chi connectivity index (χ3v) is 2.78. The number of halogens is 2. The predicted molar refractivity (Wildman–Crippen MR) is 68.4 cm³/mol. The van der Waals surface area contributed by atoms with Crippen molar-refractivity contribution in [2.45, 2.75) is 6.42 Å². The Bertz CT molecular complexity index is 279. The maximum atomic E-state index is 5.85. The second-order valence-corrected chi connectivity index (χ2v) is 4.00. The largest absolute Gasteiger partial charge is 0.370 e. The molecule has 0 spiro atoms. The van der Waals surface area contributed by atoms with E-state index in [-0.39, 0.29) is 12.4 Å². The number of rotatable bonds is 1. The molecule has 0 radical (unpaired) electrons. The Hall–Kier alpha value is -0.440. The zero-order valence-corrected chi connectivity index (χ0v) is 10.2. The molecule has 1 aromatic carbocycles. The molecule has 1 aliphatic rings. The first-order valence-electron chi connectivity index (χ1n) is 5.07. The molecule has 15 heavy (non-hydrogen) atoms. The van der Waals surface area contributed by atoms with Crippen molar-refractivity contribution in [3.8, 4) is 0 Å². The maximum Gasteiger partial charge on any atom is 0.0407 e. The lowest BCUT2D eigenvalue weighted by atomic mass is 10.2. The minimum absolute atomic E-state index is 0. The molecule has 0 amide bonds. The summed E-state index contributed by atoms with van der Waals surface area (Å²) < 4.78 is 0. The Labute approximate surface area is 102 Å². The molecular formula is C11H16Cl2N2. The van der Waals surface area contributed by atoms with E-state index < -0.39 is 0 Å². The van der Waals surface area contributed by atoms with Crippen molar-refractivity contribution in [3.05, 3.63) is 29.3 Å². The highest BCUT2D eigenvalue weighted by Crippen LogP contribution is 2.18. The average molecular weight is 247 g/mol. The third-order valence-electron chi connectivity index (χ3n) is 2.53. The van der Waals surface area contributed by atoms with Gasteiger partial charge in [-0.05, 0) is 37.2 Å². The van der Waals surface area contributed by atoms with Crippen molar-refractivity contribution in [2.75, 3.05) is 31.1 Å². The summed E-state index contributed by atoms with van der Waals surface area (Å²) in [5.74, 6) is 0. The summed E-state index contributed by atoms with van der Waals surface area (Å²) in [5.41, 5.74) is 1.28. The van der Waals surface area contributed by atoms with Crippen molar-refractivity contribution >= 4 is 29.7 Å². The van der Waals surface area contributed by atoms with Crippen LogP contribution in [0.5, 0.6) is 0 Å². The molecule has 1 aromatic rings. The molecule has 1 aliphatic heterocycles. The van der Waals surface area contributed by atoms with Crippen LogP contribution in [0.4, 0.5) is 5.69 Å². The van der Waals surface area contributed by atoms with Crippen molar-refractivity contribution in [3.63, 3.8) is 0 Å². The zero-order chi connectivity index (χ0) is 9.80. The van der Waals surface area contributed by atoms with Gasteiger partial charge in [-0.15, -0.1) is 12.4 Å². The fraction of sp³-hybridized carbons (Fsp3) is 0.455. The molecule has 84 valence electrons. The van der Waals surface area contributed by atoms with Gasteiger partial charge in [0.15, 0.2) is 0 Å². The van der Waals surface area contributed by atoms with E-state index in [0.717, 1.165) is 31.2 Å². The Balaban J connectivity index is 0.00000112. The van der Waals surface area contributed by atoms with Crippen molar-refractivity contribution in [2.24, 2.45) is 0 Å². The van der Waals surface area contributed by atoms with E-state index in [4.69, 9.17) is 11.6 Å². The number of hydrogen-bond donors (Lipinski definition) is 1. The lowest BCUT2D eigenvalue weighted by Crippen LogP contribution is -2.27. The monoisotopic (exact) mass is 246 g/mol. The van der Waals surface area contributed by atoms with E-state index in [9.17, 15) is 0 Å².